The van der Waals surface area contributed by atoms with Crippen LogP contribution in [0, 0.1) is 0 Å². The van der Waals surface area contributed by atoms with Crippen LogP contribution in [0.15, 0.2) is 11.6 Å². The van der Waals surface area contributed by atoms with Gasteiger partial charge in [0.15, 0.2) is 14.1 Å². The summed E-state index contributed by atoms with van der Waals surface area (Å²) in [5.74, 6) is -0.310. The molecule has 1 saturated heterocycles. The molecule has 0 N–H and O–H groups in total. The van der Waals surface area contributed by atoms with E-state index in [1.165, 1.54) is 0 Å². The number of carbonyl (C=O) groups is 2. The van der Waals surface area contributed by atoms with Gasteiger partial charge in [0.05, 0.1) is 25.7 Å². The maximum Gasteiger partial charge on any atom is 0.310 e. The first-order valence-corrected chi connectivity index (χ1v) is 12.4. The second-order valence-electron chi connectivity index (χ2n) is 7.07. The summed E-state index contributed by atoms with van der Waals surface area (Å²) in [6.07, 6.45) is 2.12. The average molecular weight is 384 g/mol. The summed E-state index contributed by atoms with van der Waals surface area (Å²) in [7, 11) is -1.75. The van der Waals surface area contributed by atoms with Crippen molar-refractivity contribution < 1.29 is 23.5 Å². The fraction of sp³-hybridized carbons (Fsp3) is 0.789. The van der Waals surface area contributed by atoms with Crippen LogP contribution in [0.5, 0.6) is 0 Å². The Hall–Kier alpha value is -1.02. The van der Waals surface area contributed by atoms with Gasteiger partial charge in [-0.25, -0.2) is 0 Å². The van der Waals surface area contributed by atoms with E-state index in [2.05, 4.69) is 25.7 Å². The first-order valence-electron chi connectivity index (χ1n) is 9.89. The van der Waals surface area contributed by atoms with E-state index < -0.39 is 8.32 Å². The summed E-state index contributed by atoms with van der Waals surface area (Å²) in [6, 6.07) is 3.16. The number of rotatable bonds is 10. The van der Waals surface area contributed by atoms with Crippen molar-refractivity contribution in [1.82, 2.24) is 4.90 Å². The van der Waals surface area contributed by atoms with Gasteiger partial charge in [0.2, 0.25) is 0 Å². The zero-order valence-electron chi connectivity index (χ0n) is 16.4. The quantitative estimate of drug-likeness (QED) is 0.427. The van der Waals surface area contributed by atoms with Crippen molar-refractivity contribution in [3.63, 3.8) is 0 Å². The molecule has 148 valence electrons. The smallest absolute Gasteiger partial charge is 0.310 e. The molecule has 0 radical (unpaired) electrons. The highest BCUT2D eigenvalue weighted by atomic mass is 28.4. The summed E-state index contributed by atoms with van der Waals surface area (Å²) in [5, 5.41) is 0. The van der Waals surface area contributed by atoms with Gasteiger partial charge in [-0.05, 0) is 24.2 Å². The molecule has 1 fully saturated rings. The van der Waals surface area contributed by atoms with Crippen LogP contribution in [0.4, 0.5) is 0 Å². The van der Waals surface area contributed by atoms with Crippen molar-refractivity contribution in [2.75, 3.05) is 39.5 Å². The molecule has 1 aliphatic heterocycles. The number of nitrogens with zero attached hydrogens (tertiary/aromatic N) is 1. The second-order valence-corrected chi connectivity index (χ2v) is 11.8. The predicted octanol–water partition coefficient (Wildman–Crippen LogP) is 2.54. The molecule has 0 aromatic carbocycles. The fourth-order valence-corrected chi connectivity index (χ4v) is 6.36. The molecule has 2 rings (SSSR count). The number of carbonyl (C=O) groups excluding carboxylic acids is 2. The number of hydrogen-bond acceptors (Lipinski definition) is 6. The van der Waals surface area contributed by atoms with Crippen LogP contribution in [-0.2, 0) is 23.5 Å². The topological polar surface area (TPSA) is 65.1 Å². The number of morpholine rings is 1. The van der Waals surface area contributed by atoms with Crippen molar-refractivity contribution in [3.05, 3.63) is 11.6 Å². The lowest BCUT2D eigenvalue weighted by molar-refractivity contribution is -0.144. The Morgan fingerprint density at radius 2 is 1.88 bits per heavy atom. The van der Waals surface area contributed by atoms with E-state index in [9.17, 15) is 9.59 Å². The van der Waals surface area contributed by atoms with Crippen molar-refractivity contribution in [2.45, 2.75) is 57.8 Å². The molecule has 0 saturated carbocycles. The molecular weight excluding hydrogens is 350 g/mol. The Kier molecular flexibility index (Phi) is 8.47. The third-order valence-corrected chi connectivity index (χ3v) is 10.2. The van der Waals surface area contributed by atoms with Gasteiger partial charge in [-0.1, -0.05) is 20.8 Å². The van der Waals surface area contributed by atoms with Gasteiger partial charge in [0.25, 0.3) is 0 Å². The summed E-state index contributed by atoms with van der Waals surface area (Å²) in [4.78, 5) is 26.5. The van der Waals surface area contributed by atoms with Crippen LogP contribution in [0.2, 0.25) is 18.1 Å². The maximum absolute atomic E-state index is 12.2. The van der Waals surface area contributed by atoms with Crippen LogP contribution in [-0.4, -0.2) is 70.5 Å². The summed E-state index contributed by atoms with van der Waals surface area (Å²) < 4.78 is 17.0. The predicted molar refractivity (Wildman–Crippen MR) is 103 cm³/mol. The van der Waals surface area contributed by atoms with E-state index in [0.717, 1.165) is 44.4 Å². The zero-order chi connectivity index (χ0) is 19.0. The molecule has 1 heterocycles. The Balaban J connectivity index is 1.78. The Labute approximate surface area is 158 Å². The largest absolute Gasteiger partial charge is 0.464 e. The molecule has 0 aromatic heterocycles. The first-order chi connectivity index (χ1) is 12.5. The van der Waals surface area contributed by atoms with E-state index in [-0.39, 0.29) is 24.3 Å². The van der Waals surface area contributed by atoms with Crippen LogP contribution in [0.3, 0.4) is 0 Å². The van der Waals surface area contributed by atoms with E-state index in [1.807, 2.05) is 6.08 Å². The molecular formula is C19H33NO5Si. The van der Waals surface area contributed by atoms with Gasteiger partial charge < -0.3 is 13.9 Å². The standard InChI is InChI=1S/C19H33NO5Si/c1-4-26(5-2,6-3)25-17-13-16(18(21)15-17)14-19(22)24-12-9-20-7-10-23-11-8-20/h13,17H,4-12,14-15H2,1-3H3. The van der Waals surface area contributed by atoms with Gasteiger partial charge >= 0.3 is 5.97 Å². The zero-order valence-corrected chi connectivity index (χ0v) is 17.4. The fourth-order valence-electron chi connectivity index (χ4n) is 3.56. The summed E-state index contributed by atoms with van der Waals surface area (Å²) >= 11 is 0. The molecule has 0 amide bonds. The van der Waals surface area contributed by atoms with Gasteiger partial charge in [-0.3, -0.25) is 14.5 Å². The van der Waals surface area contributed by atoms with Crippen LogP contribution < -0.4 is 0 Å². The van der Waals surface area contributed by atoms with E-state index in [4.69, 9.17) is 13.9 Å². The van der Waals surface area contributed by atoms with Crippen molar-refractivity contribution in [2.24, 2.45) is 0 Å². The molecule has 1 unspecified atom stereocenters. The SMILES string of the molecule is CC[Si](CC)(CC)OC1C=C(CC(=O)OCCN2CCOCC2)C(=O)C1. The van der Waals surface area contributed by atoms with Gasteiger partial charge in [0.1, 0.15) is 6.61 Å². The number of ketones is 1. The van der Waals surface area contributed by atoms with E-state index in [1.54, 1.807) is 0 Å². The average Bonchev–Trinajstić information content (AvgIpc) is 2.99. The second kappa shape index (κ2) is 10.3. The molecule has 0 spiro atoms. The first kappa shape index (κ1) is 21.3. The minimum absolute atomic E-state index is 0.0198. The van der Waals surface area contributed by atoms with E-state index >= 15 is 0 Å². The highest BCUT2D eigenvalue weighted by Gasteiger charge is 2.35. The third-order valence-electron chi connectivity index (χ3n) is 5.58. The molecule has 1 atom stereocenters. The Morgan fingerprint density at radius 3 is 2.50 bits per heavy atom. The third kappa shape index (κ3) is 6.01. The number of esters is 1. The number of hydrogen-bond donors (Lipinski definition) is 0. The van der Waals surface area contributed by atoms with Gasteiger partial charge in [0, 0.05) is 31.6 Å². The lowest BCUT2D eigenvalue weighted by Crippen LogP contribution is -2.39. The molecule has 0 bridgehead atoms. The number of ether oxygens (including phenoxy) is 2. The van der Waals surface area contributed by atoms with Crippen molar-refractivity contribution >= 4 is 20.1 Å². The summed E-state index contributed by atoms with van der Waals surface area (Å²) in [6.45, 7) is 10.8. The molecule has 7 heteroatoms. The Morgan fingerprint density at radius 1 is 1.23 bits per heavy atom. The Bertz CT molecular complexity index is 504. The molecule has 26 heavy (non-hydrogen) atoms. The molecule has 6 nitrogen and oxygen atoms in total. The van der Waals surface area contributed by atoms with Crippen LogP contribution in [0.25, 0.3) is 0 Å². The van der Waals surface area contributed by atoms with E-state index in [0.29, 0.717) is 25.1 Å². The molecule has 0 aromatic rings. The normalized spacial score (nSPS) is 21.7. The molecule has 1 aliphatic carbocycles. The van der Waals surface area contributed by atoms with Crippen molar-refractivity contribution in [1.29, 1.82) is 0 Å². The highest BCUT2D eigenvalue weighted by Crippen LogP contribution is 2.29. The van der Waals surface area contributed by atoms with Crippen molar-refractivity contribution in [3.8, 4) is 0 Å². The monoisotopic (exact) mass is 383 g/mol. The van der Waals surface area contributed by atoms with Crippen LogP contribution in [0.1, 0.15) is 33.6 Å². The maximum atomic E-state index is 12.2. The minimum Gasteiger partial charge on any atom is -0.464 e. The number of Topliss-reactive ketones (excluding diaryl/α,β-unsaturated/α-hetero) is 1. The highest BCUT2D eigenvalue weighted by molar-refractivity contribution is 6.73. The van der Waals surface area contributed by atoms with Gasteiger partial charge in [-0.2, -0.15) is 0 Å². The van der Waals surface area contributed by atoms with Gasteiger partial charge in [-0.15, -0.1) is 0 Å². The summed E-state index contributed by atoms with van der Waals surface area (Å²) in [5.41, 5.74) is 0.553. The minimum atomic E-state index is -1.75. The lowest BCUT2D eigenvalue weighted by atomic mass is 10.1. The van der Waals surface area contributed by atoms with Crippen LogP contribution >= 0.6 is 0 Å². The lowest BCUT2D eigenvalue weighted by Gasteiger charge is -2.30. The molecule has 2 aliphatic rings.